The second-order valence-corrected chi connectivity index (χ2v) is 8.12. The van der Waals surface area contributed by atoms with Gasteiger partial charge >= 0.3 is 0 Å². The van der Waals surface area contributed by atoms with Crippen molar-refractivity contribution in [3.05, 3.63) is 109 Å². The lowest BCUT2D eigenvalue weighted by molar-refractivity contribution is 1.33. The Morgan fingerprint density at radius 1 is 0.577 bits per heavy atom. The van der Waals surface area contributed by atoms with Gasteiger partial charge in [0.2, 0.25) is 0 Å². The van der Waals surface area contributed by atoms with Crippen LogP contribution in [0.15, 0.2) is 103 Å². The van der Waals surface area contributed by atoms with Crippen molar-refractivity contribution in [1.82, 2.24) is 9.97 Å². The van der Waals surface area contributed by atoms with E-state index < -0.39 is 7.92 Å². The topological polar surface area (TPSA) is 25.8 Å². The molecule has 0 spiro atoms. The van der Waals surface area contributed by atoms with Crippen LogP contribution in [0.2, 0.25) is 0 Å². The fourth-order valence-corrected chi connectivity index (χ4v) is 5.03. The fraction of sp³-hybridized carbons (Fsp3) is 0.0435. The third-order valence-corrected chi connectivity index (χ3v) is 6.54. The van der Waals surface area contributed by atoms with E-state index in [0.29, 0.717) is 0 Å². The minimum atomic E-state index is -0.631. The van der Waals surface area contributed by atoms with Crippen LogP contribution in [0.25, 0.3) is 11.1 Å². The van der Waals surface area contributed by atoms with Crippen LogP contribution in [0.4, 0.5) is 0 Å². The maximum Gasteiger partial charge on any atom is 0.0695 e. The van der Waals surface area contributed by atoms with E-state index in [1.165, 1.54) is 16.7 Å². The molecule has 0 fully saturated rings. The van der Waals surface area contributed by atoms with Crippen molar-refractivity contribution in [1.29, 1.82) is 0 Å². The summed E-state index contributed by atoms with van der Waals surface area (Å²) in [5.41, 5.74) is 6.04. The Balaban J connectivity index is 1.69. The molecule has 0 aliphatic rings. The van der Waals surface area contributed by atoms with Crippen LogP contribution in [0.5, 0.6) is 0 Å². The smallest absolute Gasteiger partial charge is 0.0695 e. The molecule has 0 N–H and O–H groups in total. The highest BCUT2D eigenvalue weighted by Gasteiger charge is 2.17. The monoisotopic (exact) mass is 354 g/mol. The first-order chi connectivity index (χ1) is 12.9. The van der Waals surface area contributed by atoms with Crippen LogP contribution in [0.3, 0.4) is 0 Å². The van der Waals surface area contributed by atoms with Crippen LogP contribution in [0, 0.1) is 0 Å². The molecule has 0 unspecified atom stereocenters. The average Bonchev–Trinajstić information content (AvgIpc) is 2.74. The Hall–Kier alpha value is -2.83. The van der Waals surface area contributed by atoms with E-state index in [-0.39, 0.29) is 0 Å². The van der Waals surface area contributed by atoms with E-state index in [9.17, 15) is 0 Å². The van der Waals surface area contributed by atoms with Gasteiger partial charge in [0, 0.05) is 26.5 Å². The molecule has 4 rings (SSSR count). The summed E-state index contributed by atoms with van der Waals surface area (Å²) in [4.78, 5) is 9.24. The Bertz CT molecular complexity index is 917. The highest BCUT2D eigenvalue weighted by molar-refractivity contribution is 7.71. The highest BCUT2D eigenvalue weighted by Crippen LogP contribution is 2.37. The number of hydrogen-bond donors (Lipinski definition) is 0. The molecule has 0 saturated carbocycles. The third kappa shape index (κ3) is 3.87. The van der Waals surface area contributed by atoms with Crippen LogP contribution in [-0.4, -0.2) is 9.97 Å². The maximum atomic E-state index is 4.62. The Labute approximate surface area is 155 Å². The highest BCUT2D eigenvalue weighted by atomic mass is 31.1. The van der Waals surface area contributed by atoms with Crippen LogP contribution in [-0.2, 0) is 6.16 Å². The van der Waals surface area contributed by atoms with E-state index in [0.717, 1.165) is 17.0 Å². The van der Waals surface area contributed by atoms with E-state index in [1.807, 2.05) is 24.5 Å². The molecular formula is C23H19N2P. The van der Waals surface area contributed by atoms with E-state index in [1.54, 1.807) is 0 Å². The number of pyridine rings is 2. The van der Waals surface area contributed by atoms with Gasteiger partial charge < -0.3 is 0 Å². The zero-order valence-electron chi connectivity index (χ0n) is 14.4. The van der Waals surface area contributed by atoms with Crippen molar-refractivity contribution in [2.75, 3.05) is 0 Å². The van der Waals surface area contributed by atoms with Gasteiger partial charge in [-0.25, -0.2) is 0 Å². The molecule has 0 aliphatic heterocycles. The van der Waals surface area contributed by atoms with Crippen molar-refractivity contribution in [3.8, 4) is 11.1 Å². The van der Waals surface area contributed by atoms with Gasteiger partial charge in [-0.05, 0) is 41.0 Å². The Morgan fingerprint density at radius 2 is 1.19 bits per heavy atom. The van der Waals surface area contributed by atoms with Crippen molar-refractivity contribution in [2.24, 2.45) is 0 Å². The molecule has 0 amide bonds. The van der Waals surface area contributed by atoms with Gasteiger partial charge in [0.1, 0.15) is 0 Å². The summed E-state index contributed by atoms with van der Waals surface area (Å²) in [5, 5.41) is 0. The number of hydrogen-bond acceptors (Lipinski definition) is 2. The van der Waals surface area contributed by atoms with Gasteiger partial charge in [-0.1, -0.05) is 66.7 Å². The molecule has 2 aromatic carbocycles. The zero-order valence-corrected chi connectivity index (χ0v) is 15.3. The SMILES string of the molecule is c1ccc(-c2cccc(CP(c3ccccn3)c3ccccn3)c2)cc1. The fourth-order valence-electron chi connectivity index (χ4n) is 2.97. The molecule has 4 aromatic rings. The van der Waals surface area contributed by atoms with Crippen molar-refractivity contribution < 1.29 is 0 Å². The summed E-state index contributed by atoms with van der Waals surface area (Å²) in [5.74, 6) is 0. The van der Waals surface area contributed by atoms with Crippen LogP contribution in [0.1, 0.15) is 5.56 Å². The molecule has 3 heteroatoms. The van der Waals surface area contributed by atoms with Crippen molar-refractivity contribution in [3.63, 3.8) is 0 Å². The van der Waals surface area contributed by atoms with E-state index in [2.05, 4.69) is 88.8 Å². The lowest BCUT2D eigenvalue weighted by atomic mass is 10.0. The average molecular weight is 354 g/mol. The number of nitrogens with zero attached hydrogens (tertiary/aromatic N) is 2. The second-order valence-electron chi connectivity index (χ2n) is 6.03. The third-order valence-electron chi connectivity index (χ3n) is 4.23. The molecule has 0 aliphatic carbocycles. The molecule has 2 aromatic heterocycles. The number of benzene rings is 2. The first kappa shape index (κ1) is 16.6. The molecule has 2 heterocycles. The van der Waals surface area contributed by atoms with Gasteiger partial charge in [-0.15, -0.1) is 0 Å². The quantitative estimate of drug-likeness (QED) is 0.482. The summed E-state index contributed by atoms with van der Waals surface area (Å²) in [6.07, 6.45) is 4.67. The van der Waals surface area contributed by atoms with Crippen molar-refractivity contribution in [2.45, 2.75) is 6.16 Å². The lowest BCUT2D eigenvalue weighted by Crippen LogP contribution is -2.18. The van der Waals surface area contributed by atoms with Gasteiger partial charge in [-0.2, -0.15) is 0 Å². The van der Waals surface area contributed by atoms with E-state index >= 15 is 0 Å². The van der Waals surface area contributed by atoms with Crippen molar-refractivity contribution >= 4 is 18.8 Å². The molecule has 0 bridgehead atoms. The van der Waals surface area contributed by atoms with E-state index in [4.69, 9.17) is 0 Å². The molecule has 0 radical (unpaired) electrons. The summed E-state index contributed by atoms with van der Waals surface area (Å²) in [7, 11) is -0.631. The first-order valence-electron chi connectivity index (χ1n) is 8.64. The first-order valence-corrected chi connectivity index (χ1v) is 10.2. The predicted octanol–water partition coefficient (Wildman–Crippen LogP) is 4.78. The summed E-state index contributed by atoms with van der Waals surface area (Å²) < 4.78 is 0. The molecule has 0 saturated heterocycles. The molecule has 126 valence electrons. The van der Waals surface area contributed by atoms with Crippen LogP contribution < -0.4 is 10.9 Å². The van der Waals surface area contributed by atoms with Gasteiger partial charge in [-0.3, -0.25) is 9.97 Å². The number of rotatable bonds is 5. The second kappa shape index (κ2) is 8.03. The Kier molecular flexibility index (Phi) is 5.14. The van der Waals surface area contributed by atoms with Gasteiger partial charge in [0.25, 0.3) is 0 Å². The summed E-state index contributed by atoms with van der Waals surface area (Å²) >= 11 is 0. The maximum absolute atomic E-state index is 4.62. The molecule has 2 nitrogen and oxygen atoms in total. The summed E-state index contributed by atoms with van der Waals surface area (Å²) in [6, 6.07) is 31.6. The standard InChI is InChI=1S/C23H19N2P/c1-2-10-20(11-3-1)21-12-8-9-19(17-21)18-26(22-13-4-6-15-24-22)23-14-5-7-16-25-23/h1-17H,18H2. The minimum absolute atomic E-state index is 0.631. The normalized spacial score (nSPS) is 10.8. The molecule has 0 atom stereocenters. The van der Waals surface area contributed by atoms with Gasteiger partial charge in [0.05, 0.1) is 10.9 Å². The lowest BCUT2D eigenvalue weighted by Gasteiger charge is -2.17. The van der Waals surface area contributed by atoms with Crippen LogP contribution >= 0.6 is 7.92 Å². The van der Waals surface area contributed by atoms with Gasteiger partial charge in [0.15, 0.2) is 0 Å². The Morgan fingerprint density at radius 3 is 1.81 bits per heavy atom. The summed E-state index contributed by atoms with van der Waals surface area (Å²) in [6.45, 7) is 0. The largest absolute Gasteiger partial charge is 0.256 e. The zero-order chi connectivity index (χ0) is 17.6. The minimum Gasteiger partial charge on any atom is -0.256 e. The molecule has 26 heavy (non-hydrogen) atoms. The number of aromatic nitrogens is 2. The molecular weight excluding hydrogens is 335 g/mol. The predicted molar refractivity (Wildman–Crippen MR) is 110 cm³/mol.